The van der Waals surface area contributed by atoms with E-state index in [0.29, 0.717) is 36.1 Å². The lowest BCUT2D eigenvalue weighted by Crippen LogP contribution is -2.37. The van der Waals surface area contributed by atoms with Crippen molar-refractivity contribution in [1.29, 1.82) is 5.26 Å². The van der Waals surface area contributed by atoms with E-state index in [9.17, 15) is 5.26 Å². The van der Waals surface area contributed by atoms with Crippen molar-refractivity contribution in [1.82, 2.24) is 19.5 Å². The van der Waals surface area contributed by atoms with Gasteiger partial charge in [-0.2, -0.15) is 15.2 Å². The lowest BCUT2D eigenvalue weighted by atomic mass is 10.0. The zero-order valence-electron chi connectivity index (χ0n) is 14.9. The summed E-state index contributed by atoms with van der Waals surface area (Å²) in [4.78, 5) is 15.5. The van der Waals surface area contributed by atoms with E-state index in [0.717, 1.165) is 18.8 Å². The third kappa shape index (κ3) is 2.89. The Morgan fingerprint density at radius 2 is 1.85 bits per heavy atom. The molecule has 4 rings (SSSR count). The molecule has 0 aliphatic carbocycles. The van der Waals surface area contributed by atoms with Gasteiger partial charge in [-0.25, -0.2) is 4.98 Å². The fourth-order valence-corrected chi connectivity index (χ4v) is 3.14. The van der Waals surface area contributed by atoms with Gasteiger partial charge >= 0.3 is 0 Å². The first kappa shape index (κ1) is 16.5. The zero-order chi connectivity index (χ0) is 18.1. The van der Waals surface area contributed by atoms with Crippen molar-refractivity contribution in [2.24, 2.45) is 0 Å². The molecule has 0 radical (unpaired) electrons. The summed E-state index contributed by atoms with van der Waals surface area (Å²) in [6.45, 7) is 7.08. The third-order valence-corrected chi connectivity index (χ3v) is 4.63. The number of hydrogen-bond acceptors (Lipinski definition) is 6. The molecular weight excluding hydrogens is 328 g/mol. The minimum atomic E-state index is 0.152. The Hall–Kier alpha value is -2.98. The number of anilines is 1. The molecule has 26 heavy (non-hydrogen) atoms. The number of hydrogen-bond donors (Lipinski definition) is 0. The number of benzene rings is 1. The van der Waals surface area contributed by atoms with Gasteiger partial charge in [-0.05, 0) is 23.6 Å². The molecule has 1 aromatic carbocycles. The Morgan fingerprint density at radius 1 is 1.12 bits per heavy atom. The van der Waals surface area contributed by atoms with Crippen molar-refractivity contribution >= 4 is 17.0 Å². The third-order valence-electron chi connectivity index (χ3n) is 4.63. The molecule has 0 atom stereocenters. The van der Waals surface area contributed by atoms with E-state index in [-0.39, 0.29) is 5.82 Å². The minimum Gasteiger partial charge on any atom is -0.378 e. The summed E-state index contributed by atoms with van der Waals surface area (Å²) in [5.41, 5.74) is 3.60. The van der Waals surface area contributed by atoms with Crippen LogP contribution < -0.4 is 4.90 Å². The Labute approximate surface area is 151 Å². The molecule has 3 heterocycles. The molecule has 3 aromatic rings. The van der Waals surface area contributed by atoms with Crippen LogP contribution in [0.25, 0.3) is 16.9 Å². The first-order valence-corrected chi connectivity index (χ1v) is 8.75. The minimum absolute atomic E-state index is 0.152. The maximum Gasteiger partial charge on any atom is 0.236 e. The maximum atomic E-state index is 9.37. The van der Waals surface area contributed by atoms with E-state index >= 15 is 0 Å². The van der Waals surface area contributed by atoms with E-state index in [4.69, 9.17) is 4.74 Å². The van der Waals surface area contributed by atoms with Gasteiger partial charge in [0.2, 0.25) is 5.82 Å². The van der Waals surface area contributed by atoms with Crippen molar-refractivity contribution in [2.45, 2.75) is 19.8 Å². The Bertz CT molecular complexity index is 964. The summed E-state index contributed by atoms with van der Waals surface area (Å²) in [6, 6.07) is 10.4. The predicted molar refractivity (Wildman–Crippen MR) is 98.5 cm³/mol. The molecule has 0 spiro atoms. The summed E-state index contributed by atoms with van der Waals surface area (Å²) >= 11 is 0. The van der Waals surface area contributed by atoms with Gasteiger partial charge in [-0.15, -0.1) is 0 Å². The van der Waals surface area contributed by atoms with E-state index in [1.807, 2.05) is 4.57 Å². The molecule has 1 saturated heterocycles. The Kier molecular flexibility index (Phi) is 4.27. The topological polar surface area (TPSA) is 79.9 Å². The summed E-state index contributed by atoms with van der Waals surface area (Å²) in [7, 11) is 0. The Morgan fingerprint density at radius 3 is 2.50 bits per heavy atom. The summed E-state index contributed by atoms with van der Waals surface area (Å²) in [5, 5.41) is 9.37. The average molecular weight is 348 g/mol. The van der Waals surface area contributed by atoms with Crippen LogP contribution in [-0.4, -0.2) is 45.8 Å². The smallest absolute Gasteiger partial charge is 0.236 e. The summed E-state index contributed by atoms with van der Waals surface area (Å²) in [6.07, 6.45) is 1.74. The van der Waals surface area contributed by atoms with Crippen LogP contribution in [0.15, 0.2) is 30.6 Å². The van der Waals surface area contributed by atoms with Gasteiger partial charge in [-0.1, -0.05) is 26.0 Å². The highest BCUT2D eigenvalue weighted by Crippen LogP contribution is 2.26. The SMILES string of the molecule is CC(C)c1ccc(-n2cnc3c(N4CCOCC4)nc(C#N)nc32)cc1. The highest BCUT2D eigenvalue weighted by Gasteiger charge is 2.20. The van der Waals surface area contributed by atoms with Crippen molar-refractivity contribution < 1.29 is 4.74 Å². The molecule has 7 heteroatoms. The van der Waals surface area contributed by atoms with E-state index in [2.05, 4.69) is 64.0 Å². The second-order valence-electron chi connectivity index (χ2n) is 6.62. The van der Waals surface area contributed by atoms with Gasteiger partial charge in [0.25, 0.3) is 0 Å². The molecule has 0 unspecified atom stereocenters. The van der Waals surface area contributed by atoms with Crippen LogP contribution in [0, 0.1) is 11.3 Å². The van der Waals surface area contributed by atoms with Crippen LogP contribution in [0.2, 0.25) is 0 Å². The van der Waals surface area contributed by atoms with Crippen LogP contribution in [-0.2, 0) is 4.74 Å². The predicted octanol–water partition coefficient (Wildman–Crippen LogP) is 2.65. The number of rotatable bonds is 3. The highest BCUT2D eigenvalue weighted by atomic mass is 16.5. The Balaban J connectivity index is 1.83. The van der Waals surface area contributed by atoms with Crippen LogP contribution in [0.4, 0.5) is 5.82 Å². The first-order valence-electron chi connectivity index (χ1n) is 8.75. The fraction of sp³-hybridized carbons (Fsp3) is 0.368. The summed E-state index contributed by atoms with van der Waals surface area (Å²) in [5.74, 6) is 1.33. The number of ether oxygens (including phenoxy) is 1. The van der Waals surface area contributed by atoms with Gasteiger partial charge in [0.05, 0.1) is 13.2 Å². The van der Waals surface area contributed by atoms with Gasteiger partial charge in [0.15, 0.2) is 17.0 Å². The van der Waals surface area contributed by atoms with Crippen LogP contribution in [0.3, 0.4) is 0 Å². The molecule has 0 saturated carbocycles. The van der Waals surface area contributed by atoms with Crippen molar-refractivity contribution in [2.75, 3.05) is 31.2 Å². The lowest BCUT2D eigenvalue weighted by molar-refractivity contribution is 0.122. The quantitative estimate of drug-likeness (QED) is 0.724. The van der Waals surface area contributed by atoms with Gasteiger partial charge in [-0.3, -0.25) is 4.57 Å². The molecule has 7 nitrogen and oxygen atoms in total. The molecule has 1 aliphatic heterocycles. The van der Waals surface area contributed by atoms with E-state index in [1.54, 1.807) is 6.33 Å². The van der Waals surface area contributed by atoms with Crippen molar-refractivity contribution in [3.8, 4) is 11.8 Å². The monoisotopic (exact) mass is 348 g/mol. The standard InChI is InChI=1S/C19H20N6O/c1-13(2)14-3-5-15(6-4-14)25-12-21-17-18(24-7-9-26-10-8-24)22-16(11-20)23-19(17)25/h3-6,12-13H,7-10H2,1-2H3. The summed E-state index contributed by atoms with van der Waals surface area (Å²) < 4.78 is 7.33. The number of imidazole rings is 1. The molecule has 1 fully saturated rings. The van der Waals surface area contributed by atoms with E-state index in [1.165, 1.54) is 5.56 Å². The largest absolute Gasteiger partial charge is 0.378 e. The molecule has 0 N–H and O–H groups in total. The van der Waals surface area contributed by atoms with Crippen LogP contribution in [0.1, 0.15) is 31.2 Å². The van der Waals surface area contributed by atoms with Crippen molar-refractivity contribution in [3.05, 3.63) is 42.0 Å². The average Bonchev–Trinajstić information content (AvgIpc) is 3.11. The number of nitriles is 1. The second-order valence-corrected chi connectivity index (χ2v) is 6.62. The van der Waals surface area contributed by atoms with Gasteiger partial charge < -0.3 is 9.64 Å². The van der Waals surface area contributed by atoms with Gasteiger partial charge in [0.1, 0.15) is 12.4 Å². The second kappa shape index (κ2) is 6.73. The number of fused-ring (bicyclic) bond motifs is 1. The van der Waals surface area contributed by atoms with E-state index < -0.39 is 0 Å². The number of morpholine rings is 1. The zero-order valence-corrected chi connectivity index (χ0v) is 14.9. The van der Waals surface area contributed by atoms with Crippen molar-refractivity contribution in [3.63, 3.8) is 0 Å². The fourth-order valence-electron chi connectivity index (χ4n) is 3.14. The lowest BCUT2D eigenvalue weighted by Gasteiger charge is -2.27. The molecule has 132 valence electrons. The molecule has 2 aromatic heterocycles. The van der Waals surface area contributed by atoms with Gasteiger partial charge in [0, 0.05) is 18.8 Å². The normalized spacial score (nSPS) is 14.8. The molecule has 0 bridgehead atoms. The van der Waals surface area contributed by atoms with Crippen LogP contribution >= 0.6 is 0 Å². The molecule has 0 amide bonds. The highest BCUT2D eigenvalue weighted by molar-refractivity contribution is 5.85. The van der Waals surface area contributed by atoms with Crippen LogP contribution in [0.5, 0.6) is 0 Å². The first-order chi connectivity index (χ1) is 12.7. The number of aromatic nitrogens is 4. The number of nitrogens with zero attached hydrogens (tertiary/aromatic N) is 6. The molecule has 1 aliphatic rings. The maximum absolute atomic E-state index is 9.37. The molecular formula is C19H20N6O.